The first-order valence-corrected chi connectivity index (χ1v) is 7.91. The molecule has 0 fully saturated rings. The Morgan fingerprint density at radius 2 is 2.25 bits per heavy atom. The number of aryl methyl sites for hydroxylation is 1. The molecule has 0 aliphatic heterocycles. The van der Waals surface area contributed by atoms with Gasteiger partial charge in [-0.2, -0.15) is 4.52 Å². The number of hydrogen-bond donors (Lipinski definition) is 2. The quantitative estimate of drug-likeness (QED) is 0.710. The lowest BCUT2D eigenvalue weighted by atomic mass is 10.1. The number of hydrogen-bond acceptors (Lipinski definition) is 4. The summed E-state index contributed by atoms with van der Waals surface area (Å²) in [7, 11) is 0. The van der Waals surface area contributed by atoms with Crippen molar-refractivity contribution >= 4 is 33.3 Å². The van der Waals surface area contributed by atoms with E-state index in [4.69, 9.17) is 0 Å². The average molecular weight is 394 g/mol. The highest BCUT2D eigenvalue weighted by molar-refractivity contribution is 9.10. The van der Waals surface area contributed by atoms with Crippen LogP contribution in [-0.2, 0) is 11.2 Å². The first kappa shape index (κ1) is 16.3. The number of rotatable bonds is 4. The van der Waals surface area contributed by atoms with Gasteiger partial charge in [0.05, 0.1) is 11.4 Å². The Bertz CT molecular complexity index is 982. The van der Waals surface area contributed by atoms with Crippen LogP contribution >= 0.6 is 15.9 Å². The lowest BCUT2D eigenvalue weighted by molar-refractivity contribution is -0.116. The van der Waals surface area contributed by atoms with Gasteiger partial charge in [0.25, 0.3) is 11.3 Å². The van der Waals surface area contributed by atoms with E-state index in [-0.39, 0.29) is 35.8 Å². The molecule has 7 nitrogen and oxygen atoms in total. The molecule has 24 heavy (non-hydrogen) atoms. The normalized spacial score (nSPS) is 11.0. The number of carbonyl (C=O) groups is 1. The van der Waals surface area contributed by atoms with Gasteiger partial charge in [-0.25, -0.2) is 14.4 Å². The lowest BCUT2D eigenvalue weighted by Crippen LogP contribution is -2.23. The third-order valence-corrected chi connectivity index (χ3v) is 4.03. The maximum absolute atomic E-state index is 13.7. The number of aromatic nitrogens is 4. The molecule has 1 amide bonds. The van der Waals surface area contributed by atoms with Crippen LogP contribution in [-0.4, -0.2) is 25.5 Å². The molecule has 1 aromatic carbocycles. The van der Waals surface area contributed by atoms with E-state index in [1.165, 1.54) is 23.0 Å². The van der Waals surface area contributed by atoms with E-state index in [9.17, 15) is 14.0 Å². The van der Waals surface area contributed by atoms with Gasteiger partial charge in [0.2, 0.25) is 5.91 Å². The highest BCUT2D eigenvalue weighted by atomic mass is 79.9. The number of nitrogens with one attached hydrogen (secondary N) is 2. The fourth-order valence-electron chi connectivity index (χ4n) is 2.33. The number of fused-ring (bicyclic) bond motifs is 1. The average Bonchev–Trinajstić information content (AvgIpc) is 2.98. The molecule has 2 aromatic heterocycles. The van der Waals surface area contributed by atoms with Crippen LogP contribution in [0, 0.1) is 12.7 Å². The van der Waals surface area contributed by atoms with Gasteiger partial charge in [0.15, 0.2) is 0 Å². The third kappa shape index (κ3) is 3.21. The minimum absolute atomic E-state index is 0.0352. The van der Waals surface area contributed by atoms with Gasteiger partial charge < -0.3 is 5.32 Å². The van der Waals surface area contributed by atoms with Gasteiger partial charge in [-0.3, -0.25) is 14.7 Å². The second-order valence-corrected chi connectivity index (χ2v) is 6.09. The Labute approximate surface area is 144 Å². The lowest BCUT2D eigenvalue weighted by Gasteiger charge is -2.08. The molecule has 0 unspecified atom stereocenters. The Morgan fingerprint density at radius 1 is 1.46 bits per heavy atom. The van der Waals surface area contributed by atoms with Crippen molar-refractivity contribution in [2.24, 2.45) is 0 Å². The number of amides is 1. The van der Waals surface area contributed by atoms with Crippen LogP contribution < -0.4 is 10.9 Å². The Morgan fingerprint density at radius 3 is 3.00 bits per heavy atom. The van der Waals surface area contributed by atoms with Gasteiger partial charge in [0, 0.05) is 16.5 Å². The first-order valence-electron chi connectivity index (χ1n) is 7.12. The number of anilines is 1. The van der Waals surface area contributed by atoms with Crippen LogP contribution in [0.4, 0.5) is 10.1 Å². The molecule has 2 N–H and O–H groups in total. The summed E-state index contributed by atoms with van der Waals surface area (Å²) >= 11 is 3.15. The highest BCUT2D eigenvalue weighted by Gasteiger charge is 2.14. The number of benzene rings is 1. The highest BCUT2D eigenvalue weighted by Crippen LogP contribution is 2.19. The van der Waals surface area contributed by atoms with Crippen LogP contribution in [0.2, 0.25) is 0 Å². The Hall–Kier alpha value is -2.55. The van der Waals surface area contributed by atoms with E-state index in [0.29, 0.717) is 15.7 Å². The van der Waals surface area contributed by atoms with Crippen molar-refractivity contribution in [3.63, 3.8) is 0 Å². The maximum atomic E-state index is 13.7. The molecule has 124 valence electrons. The predicted molar refractivity (Wildman–Crippen MR) is 89.4 cm³/mol. The molecular formula is C15H13BrFN5O2. The number of H-pyrrole nitrogens is 1. The standard InChI is InChI=1S/C15H13BrFN5O2/c1-8-10(14(24)22-15(20-8)18-7-19-22)3-5-13(23)21-12-4-2-9(16)6-11(12)17/h2,4,6-7H,3,5H2,1H3,(H,21,23)(H,18,19,20). The van der Waals surface area contributed by atoms with Gasteiger partial charge in [-0.15, -0.1) is 0 Å². The monoisotopic (exact) mass is 393 g/mol. The van der Waals surface area contributed by atoms with Crippen molar-refractivity contribution in [2.45, 2.75) is 19.8 Å². The van der Waals surface area contributed by atoms with Gasteiger partial charge in [-0.1, -0.05) is 15.9 Å². The van der Waals surface area contributed by atoms with Crippen molar-refractivity contribution in [3.8, 4) is 0 Å². The van der Waals surface area contributed by atoms with E-state index >= 15 is 0 Å². The second-order valence-electron chi connectivity index (χ2n) is 5.18. The summed E-state index contributed by atoms with van der Waals surface area (Å²) in [5.74, 6) is -0.637. The molecule has 2 heterocycles. The topological polar surface area (TPSA) is 92.2 Å². The van der Waals surface area contributed by atoms with Crippen LogP contribution in [0.25, 0.3) is 5.78 Å². The molecule has 0 aliphatic rings. The Balaban J connectivity index is 1.73. The number of aromatic amines is 1. The summed E-state index contributed by atoms with van der Waals surface area (Å²) in [5.41, 5.74) is 0.745. The smallest absolute Gasteiger partial charge is 0.277 e. The third-order valence-electron chi connectivity index (χ3n) is 3.54. The minimum atomic E-state index is -0.533. The molecule has 9 heteroatoms. The first-order chi connectivity index (χ1) is 11.5. The second kappa shape index (κ2) is 6.52. The SMILES string of the molecule is Cc1nc2nc[nH]n2c(=O)c1CCC(=O)Nc1ccc(Br)cc1F. The van der Waals surface area contributed by atoms with E-state index < -0.39 is 5.82 Å². The van der Waals surface area contributed by atoms with E-state index in [1.807, 2.05) is 0 Å². The maximum Gasteiger partial charge on any atom is 0.277 e. The molecule has 0 bridgehead atoms. The molecule has 0 spiro atoms. The van der Waals surface area contributed by atoms with Crippen molar-refractivity contribution in [1.29, 1.82) is 0 Å². The Kier molecular flexibility index (Phi) is 4.43. The fourth-order valence-corrected chi connectivity index (χ4v) is 2.66. The molecule has 0 radical (unpaired) electrons. The van der Waals surface area contributed by atoms with Crippen LogP contribution in [0.1, 0.15) is 17.7 Å². The predicted octanol–water partition coefficient (Wildman–Crippen LogP) is 2.20. The number of carbonyl (C=O) groups excluding carboxylic acids is 1. The molecule has 3 aromatic rings. The summed E-state index contributed by atoms with van der Waals surface area (Å²) in [6, 6.07) is 4.36. The fraction of sp³-hybridized carbons (Fsp3) is 0.200. The van der Waals surface area contributed by atoms with Crippen molar-refractivity contribution in [3.05, 3.63) is 56.4 Å². The van der Waals surface area contributed by atoms with Gasteiger partial charge in [0.1, 0.15) is 12.1 Å². The summed E-state index contributed by atoms with van der Waals surface area (Å²) in [5, 5.41) is 5.17. The van der Waals surface area contributed by atoms with Crippen molar-refractivity contribution in [2.75, 3.05) is 5.32 Å². The molecular weight excluding hydrogens is 381 g/mol. The zero-order valence-electron chi connectivity index (χ0n) is 12.6. The van der Waals surface area contributed by atoms with Crippen molar-refractivity contribution < 1.29 is 9.18 Å². The van der Waals surface area contributed by atoms with E-state index in [0.717, 1.165) is 0 Å². The van der Waals surface area contributed by atoms with Gasteiger partial charge >= 0.3 is 0 Å². The van der Waals surface area contributed by atoms with Crippen LogP contribution in [0.3, 0.4) is 0 Å². The zero-order chi connectivity index (χ0) is 17.3. The summed E-state index contributed by atoms with van der Waals surface area (Å²) in [6.45, 7) is 1.69. The molecule has 0 aliphatic carbocycles. The van der Waals surface area contributed by atoms with Crippen molar-refractivity contribution in [1.82, 2.24) is 19.6 Å². The van der Waals surface area contributed by atoms with Crippen LogP contribution in [0.5, 0.6) is 0 Å². The minimum Gasteiger partial charge on any atom is -0.324 e. The molecule has 0 saturated heterocycles. The molecule has 0 atom stereocenters. The van der Waals surface area contributed by atoms with E-state index in [2.05, 4.69) is 36.3 Å². The number of halogens is 2. The molecule has 3 rings (SSSR count). The van der Waals surface area contributed by atoms with Gasteiger partial charge in [-0.05, 0) is 31.5 Å². The largest absolute Gasteiger partial charge is 0.324 e. The van der Waals surface area contributed by atoms with Crippen LogP contribution in [0.15, 0.2) is 33.8 Å². The summed E-state index contributed by atoms with van der Waals surface area (Å²) in [4.78, 5) is 32.5. The molecule has 0 saturated carbocycles. The number of nitrogens with zero attached hydrogens (tertiary/aromatic N) is 3. The van der Waals surface area contributed by atoms with E-state index in [1.54, 1.807) is 13.0 Å². The summed E-state index contributed by atoms with van der Waals surface area (Å²) in [6.07, 6.45) is 1.60. The summed E-state index contributed by atoms with van der Waals surface area (Å²) < 4.78 is 15.5. The zero-order valence-corrected chi connectivity index (χ0v) is 14.2.